The highest BCUT2D eigenvalue weighted by Crippen LogP contribution is 2.39. The van der Waals surface area contributed by atoms with Gasteiger partial charge in [0.15, 0.2) is 15.6 Å². The van der Waals surface area contributed by atoms with Crippen LogP contribution in [0.15, 0.2) is 83.7 Å². The normalized spacial score (nSPS) is 15.2. The molecule has 1 saturated heterocycles. The summed E-state index contributed by atoms with van der Waals surface area (Å²) in [6.07, 6.45) is -1.83. The Balaban J connectivity index is 1.25. The van der Waals surface area contributed by atoms with E-state index in [4.69, 9.17) is 9.15 Å². The predicted octanol–water partition coefficient (Wildman–Crippen LogP) is 5.81. The van der Waals surface area contributed by atoms with Gasteiger partial charge in [-0.25, -0.2) is 18.4 Å². The summed E-state index contributed by atoms with van der Waals surface area (Å²) in [5, 5.41) is 3.49. The van der Waals surface area contributed by atoms with Crippen molar-refractivity contribution in [3.05, 3.63) is 96.1 Å². The number of aromatic nitrogens is 3. The van der Waals surface area contributed by atoms with Crippen LogP contribution in [0.5, 0.6) is 5.75 Å². The first-order valence-electron chi connectivity index (χ1n) is 12.9. The van der Waals surface area contributed by atoms with E-state index in [2.05, 4.69) is 20.3 Å². The maximum Gasteiger partial charge on any atom is 0.420 e. The first kappa shape index (κ1) is 27.7. The van der Waals surface area contributed by atoms with Gasteiger partial charge in [0.05, 0.1) is 29.6 Å². The Bertz CT molecular complexity index is 1850. The molecule has 0 unspecified atom stereocenters. The van der Waals surface area contributed by atoms with Crippen molar-refractivity contribution < 1.29 is 30.7 Å². The van der Waals surface area contributed by atoms with Crippen LogP contribution in [0.4, 0.5) is 24.7 Å². The molecule has 2 aromatic carbocycles. The van der Waals surface area contributed by atoms with Crippen molar-refractivity contribution >= 4 is 32.2 Å². The van der Waals surface area contributed by atoms with Gasteiger partial charge in [-0.1, -0.05) is 30.3 Å². The van der Waals surface area contributed by atoms with E-state index in [1.807, 2.05) is 6.07 Å². The van der Waals surface area contributed by atoms with E-state index in [0.717, 1.165) is 11.6 Å². The zero-order valence-electron chi connectivity index (χ0n) is 22.0. The number of fused-ring (bicyclic) bond motifs is 1. The Hall–Kier alpha value is -4.49. The van der Waals surface area contributed by atoms with Crippen LogP contribution in [0, 0.1) is 0 Å². The molecule has 216 valence electrons. The highest BCUT2D eigenvalue weighted by Gasteiger charge is 2.35. The Morgan fingerprint density at radius 3 is 2.60 bits per heavy atom. The fraction of sp³-hybridized carbons (Fsp3) is 0.207. The van der Waals surface area contributed by atoms with Crippen molar-refractivity contribution in [1.29, 1.82) is 0 Å². The second-order valence-corrected chi connectivity index (χ2v) is 12.0. The molecular formula is C29H24F3N5O4S. The van der Waals surface area contributed by atoms with Crippen LogP contribution in [0.3, 0.4) is 0 Å². The van der Waals surface area contributed by atoms with Gasteiger partial charge in [-0.3, -0.25) is 9.88 Å². The van der Waals surface area contributed by atoms with E-state index < -0.39 is 21.6 Å². The minimum absolute atomic E-state index is 0.00531. The van der Waals surface area contributed by atoms with Crippen molar-refractivity contribution in [2.75, 3.05) is 23.5 Å². The Morgan fingerprint density at radius 2 is 1.83 bits per heavy atom. The SMILES string of the molecule is O=S1(=O)CCN(Cc2ccc(-c3cc4c(Nc5ccc(OCc6ccccc6)c(C(F)(F)F)c5)ncnc4cn3)o2)C1. The summed E-state index contributed by atoms with van der Waals surface area (Å²) in [4.78, 5) is 14.7. The van der Waals surface area contributed by atoms with Crippen LogP contribution in [-0.4, -0.2) is 46.4 Å². The lowest BCUT2D eigenvalue weighted by molar-refractivity contribution is -0.139. The van der Waals surface area contributed by atoms with E-state index in [9.17, 15) is 21.6 Å². The van der Waals surface area contributed by atoms with E-state index in [-0.39, 0.29) is 35.5 Å². The molecule has 0 bridgehead atoms. The second-order valence-electron chi connectivity index (χ2n) is 9.81. The molecule has 0 amide bonds. The third kappa shape index (κ3) is 6.21. The van der Waals surface area contributed by atoms with Crippen LogP contribution in [0.25, 0.3) is 22.4 Å². The van der Waals surface area contributed by atoms with E-state index in [0.29, 0.717) is 41.2 Å². The number of halogens is 3. The van der Waals surface area contributed by atoms with Gasteiger partial charge in [0, 0.05) is 17.6 Å². The summed E-state index contributed by atoms with van der Waals surface area (Å²) >= 11 is 0. The van der Waals surface area contributed by atoms with Crippen molar-refractivity contribution in [3.63, 3.8) is 0 Å². The molecule has 1 fully saturated rings. The lowest BCUT2D eigenvalue weighted by atomic mass is 10.1. The number of nitrogens with one attached hydrogen (secondary N) is 1. The molecule has 0 spiro atoms. The molecule has 1 aliphatic heterocycles. The monoisotopic (exact) mass is 595 g/mol. The summed E-state index contributed by atoms with van der Waals surface area (Å²) in [5.74, 6) is 1.14. The fourth-order valence-corrected chi connectivity index (χ4v) is 6.08. The van der Waals surface area contributed by atoms with Crippen LogP contribution < -0.4 is 10.1 Å². The topological polar surface area (TPSA) is 110 Å². The number of rotatable bonds is 8. The minimum atomic E-state index is -4.65. The summed E-state index contributed by atoms with van der Waals surface area (Å²) in [7, 11) is -3.06. The summed E-state index contributed by atoms with van der Waals surface area (Å²) in [5.41, 5.74) is 0.925. The summed E-state index contributed by atoms with van der Waals surface area (Å²) in [6.45, 7) is 0.777. The first-order valence-corrected chi connectivity index (χ1v) is 14.7. The molecule has 3 aromatic heterocycles. The molecule has 6 rings (SSSR count). The van der Waals surface area contributed by atoms with Crippen molar-refractivity contribution in [1.82, 2.24) is 19.9 Å². The number of hydrogen-bond donors (Lipinski definition) is 1. The summed E-state index contributed by atoms with van der Waals surface area (Å²) in [6, 6.07) is 17.9. The molecular weight excluding hydrogens is 571 g/mol. The van der Waals surface area contributed by atoms with Gasteiger partial charge < -0.3 is 14.5 Å². The van der Waals surface area contributed by atoms with Gasteiger partial charge in [-0.2, -0.15) is 13.2 Å². The number of furan rings is 1. The fourth-order valence-electron chi connectivity index (χ4n) is 4.64. The number of alkyl halides is 3. The van der Waals surface area contributed by atoms with Gasteiger partial charge in [-0.15, -0.1) is 0 Å². The highest BCUT2D eigenvalue weighted by molar-refractivity contribution is 7.91. The third-order valence-electron chi connectivity index (χ3n) is 6.70. The lowest BCUT2D eigenvalue weighted by Crippen LogP contribution is -2.19. The van der Waals surface area contributed by atoms with Crippen LogP contribution in [-0.2, 0) is 29.2 Å². The van der Waals surface area contributed by atoms with Gasteiger partial charge in [0.1, 0.15) is 41.8 Å². The summed E-state index contributed by atoms with van der Waals surface area (Å²) < 4.78 is 76.9. The standard InChI is InChI=1S/C29H24F3N5O4S/c30-29(31,32)23-12-20(6-8-26(23)40-16-19-4-2-1-3-5-19)36-28-22-13-24(33-14-25(22)34-17-35-28)27-9-7-21(41-27)15-37-10-11-42(38,39)18-37/h1-9,12-14,17H,10-11,15-16,18H2,(H,34,35,36). The Morgan fingerprint density at radius 1 is 1.00 bits per heavy atom. The minimum Gasteiger partial charge on any atom is -0.488 e. The molecule has 0 radical (unpaired) electrons. The molecule has 13 heteroatoms. The molecule has 42 heavy (non-hydrogen) atoms. The molecule has 1 aliphatic rings. The second kappa shape index (κ2) is 11.1. The maximum atomic E-state index is 14.0. The number of pyridine rings is 1. The number of sulfone groups is 1. The molecule has 0 atom stereocenters. The van der Waals surface area contributed by atoms with Gasteiger partial charge in [0.25, 0.3) is 0 Å². The van der Waals surface area contributed by atoms with Crippen molar-refractivity contribution in [2.45, 2.75) is 19.3 Å². The zero-order valence-corrected chi connectivity index (χ0v) is 22.8. The molecule has 5 aromatic rings. The van der Waals surface area contributed by atoms with Crippen LogP contribution >= 0.6 is 0 Å². The average molecular weight is 596 g/mol. The third-order valence-corrected chi connectivity index (χ3v) is 8.26. The van der Waals surface area contributed by atoms with Gasteiger partial charge in [0.2, 0.25) is 0 Å². The van der Waals surface area contributed by atoms with Gasteiger partial charge >= 0.3 is 6.18 Å². The van der Waals surface area contributed by atoms with Gasteiger partial charge in [-0.05, 0) is 42.0 Å². The number of benzene rings is 2. The molecule has 4 heterocycles. The number of ether oxygens (including phenoxy) is 1. The van der Waals surface area contributed by atoms with Crippen LogP contribution in [0.2, 0.25) is 0 Å². The largest absolute Gasteiger partial charge is 0.488 e. The molecule has 0 aliphatic carbocycles. The predicted molar refractivity (Wildman–Crippen MR) is 150 cm³/mol. The molecule has 1 N–H and O–H groups in total. The van der Waals surface area contributed by atoms with Crippen molar-refractivity contribution in [3.8, 4) is 17.2 Å². The number of hydrogen-bond acceptors (Lipinski definition) is 9. The number of anilines is 2. The Labute approximate surface area is 238 Å². The maximum absolute atomic E-state index is 14.0. The van der Waals surface area contributed by atoms with E-state index in [1.165, 1.54) is 24.7 Å². The highest BCUT2D eigenvalue weighted by atomic mass is 32.2. The van der Waals surface area contributed by atoms with E-state index >= 15 is 0 Å². The average Bonchev–Trinajstić information content (AvgIpc) is 3.58. The molecule has 0 saturated carbocycles. The Kier molecular flexibility index (Phi) is 7.29. The van der Waals surface area contributed by atoms with Crippen molar-refractivity contribution in [2.24, 2.45) is 0 Å². The molecule has 9 nitrogen and oxygen atoms in total. The first-order chi connectivity index (χ1) is 20.1. The quantitative estimate of drug-likeness (QED) is 0.237. The zero-order chi connectivity index (χ0) is 29.3. The van der Waals surface area contributed by atoms with Crippen LogP contribution in [0.1, 0.15) is 16.9 Å². The number of nitrogens with zero attached hydrogens (tertiary/aromatic N) is 4. The lowest BCUT2D eigenvalue weighted by Gasteiger charge is -2.16. The smallest absolute Gasteiger partial charge is 0.420 e. The van der Waals surface area contributed by atoms with E-state index in [1.54, 1.807) is 47.4 Å².